The van der Waals surface area contributed by atoms with Crippen LogP contribution in [-0.4, -0.2) is 18.2 Å². The minimum absolute atomic E-state index is 0.154. The van der Waals surface area contributed by atoms with Crippen molar-refractivity contribution in [3.8, 4) is 0 Å². The number of alkyl halides is 1. The van der Waals surface area contributed by atoms with E-state index in [0.717, 1.165) is 12.3 Å². The molecule has 0 rings (SSSR count). The second-order valence-electron chi connectivity index (χ2n) is 5.74. The van der Waals surface area contributed by atoms with E-state index in [4.69, 9.17) is 0 Å². The number of rotatable bonds is 15. The quantitative estimate of drug-likeness (QED) is 0.229. The van der Waals surface area contributed by atoms with Gasteiger partial charge in [-0.1, -0.05) is 86.8 Å². The van der Waals surface area contributed by atoms with Crippen molar-refractivity contribution in [3.05, 3.63) is 0 Å². The van der Waals surface area contributed by atoms with Gasteiger partial charge in [-0.15, -0.1) is 0 Å². The predicted octanol–water partition coefficient (Wildman–Crippen LogP) is 7.28. The van der Waals surface area contributed by atoms with Gasteiger partial charge in [-0.2, -0.15) is 0 Å². The lowest BCUT2D eigenvalue weighted by Crippen LogP contribution is -2.18. The maximum atomic E-state index is 12.8. The van der Waals surface area contributed by atoms with Crippen LogP contribution in [0.5, 0.6) is 0 Å². The highest BCUT2D eigenvalue weighted by atomic mass is 33.1. The molecule has 3 heteroatoms. The molecule has 0 heterocycles. The first kappa shape index (κ1) is 20.6. The maximum Gasteiger partial charge on any atom is 0.0905 e. The molecule has 0 fully saturated rings. The van der Waals surface area contributed by atoms with Crippen LogP contribution < -0.4 is 0 Å². The molecule has 0 aromatic rings. The summed E-state index contributed by atoms with van der Waals surface area (Å²) < 4.78 is 12.8. The zero-order valence-corrected chi connectivity index (χ0v) is 15.5. The molecule has 0 saturated heterocycles. The molecule has 0 aliphatic heterocycles. The van der Waals surface area contributed by atoms with Crippen LogP contribution in [0.15, 0.2) is 0 Å². The van der Waals surface area contributed by atoms with Crippen molar-refractivity contribution in [1.82, 2.24) is 0 Å². The molecule has 0 aliphatic rings. The van der Waals surface area contributed by atoms with Gasteiger partial charge >= 0.3 is 0 Å². The molecule has 0 spiro atoms. The highest BCUT2D eigenvalue weighted by molar-refractivity contribution is 8.76. The molecule has 1 atom stereocenters. The van der Waals surface area contributed by atoms with E-state index in [2.05, 4.69) is 20.1 Å². The highest BCUT2D eigenvalue weighted by Gasteiger charge is 2.21. The average Bonchev–Trinajstić information content (AvgIpc) is 2.45. The van der Waals surface area contributed by atoms with Gasteiger partial charge in [0.2, 0.25) is 0 Å². The van der Waals surface area contributed by atoms with Crippen LogP contribution in [0.4, 0.5) is 4.39 Å². The Balaban J connectivity index is 4.17. The Kier molecular flexibility index (Phi) is 16.5. The number of hydrogen-bond acceptors (Lipinski definition) is 2. The van der Waals surface area contributed by atoms with Crippen LogP contribution in [-0.2, 0) is 0 Å². The molecule has 122 valence electrons. The Bertz CT molecular complexity index is 170. The topological polar surface area (TPSA) is 0 Å². The first-order valence-corrected chi connectivity index (χ1v) is 11.2. The average molecular weight is 323 g/mol. The fourth-order valence-electron chi connectivity index (χ4n) is 2.78. The summed E-state index contributed by atoms with van der Waals surface area (Å²) in [4.78, 5) is 0. The Morgan fingerprint density at radius 1 is 0.800 bits per heavy atom. The molecule has 0 aromatic carbocycles. The van der Waals surface area contributed by atoms with E-state index in [1.165, 1.54) is 64.2 Å². The van der Waals surface area contributed by atoms with Crippen LogP contribution in [0.3, 0.4) is 0 Å². The van der Waals surface area contributed by atoms with Crippen molar-refractivity contribution in [1.29, 1.82) is 0 Å². The summed E-state index contributed by atoms with van der Waals surface area (Å²) in [6.45, 7) is 4.37. The Labute approximate surface area is 134 Å². The second-order valence-corrected chi connectivity index (χ2v) is 8.45. The van der Waals surface area contributed by atoms with Crippen molar-refractivity contribution in [2.45, 2.75) is 89.7 Å². The molecule has 0 aromatic heterocycles. The second kappa shape index (κ2) is 16.0. The van der Waals surface area contributed by atoms with Crippen LogP contribution in [0.1, 0.15) is 84.5 Å². The molecular weight excluding hydrogens is 287 g/mol. The molecule has 0 aliphatic carbocycles. The Hall–Kier alpha value is 0.630. The van der Waals surface area contributed by atoms with Crippen LogP contribution >= 0.6 is 21.6 Å². The third-order valence-electron chi connectivity index (χ3n) is 4.00. The first-order valence-electron chi connectivity index (χ1n) is 8.55. The van der Waals surface area contributed by atoms with Gasteiger partial charge in [0.1, 0.15) is 0 Å². The van der Waals surface area contributed by atoms with Crippen molar-refractivity contribution < 1.29 is 4.39 Å². The smallest absolute Gasteiger partial charge is 0.0905 e. The Morgan fingerprint density at radius 3 is 1.75 bits per heavy atom. The molecule has 0 radical (unpaired) electrons. The minimum Gasteiger partial charge on any atom is -0.251 e. The van der Waals surface area contributed by atoms with Gasteiger partial charge < -0.3 is 0 Å². The van der Waals surface area contributed by atoms with Gasteiger partial charge in [0.15, 0.2) is 0 Å². The SMILES string of the molecule is CCCCCCC(CCCCCC)[C@H](CCF)SSC. The van der Waals surface area contributed by atoms with Crippen molar-refractivity contribution in [2.24, 2.45) is 5.92 Å². The van der Waals surface area contributed by atoms with E-state index >= 15 is 0 Å². The van der Waals surface area contributed by atoms with E-state index in [1.807, 2.05) is 21.6 Å². The third kappa shape index (κ3) is 11.3. The zero-order chi connectivity index (χ0) is 15.1. The van der Waals surface area contributed by atoms with E-state index in [1.54, 1.807) is 0 Å². The number of halogens is 1. The lowest BCUT2D eigenvalue weighted by Gasteiger charge is -2.25. The molecule has 0 nitrogen and oxygen atoms in total. The van der Waals surface area contributed by atoms with Crippen molar-refractivity contribution in [3.63, 3.8) is 0 Å². The minimum atomic E-state index is -0.154. The van der Waals surface area contributed by atoms with Gasteiger partial charge in [-0.3, -0.25) is 4.39 Å². The Morgan fingerprint density at radius 2 is 1.35 bits per heavy atom. The molecule has 0 unspecified atom stereocenters. The lowest BCUT2D eigenvalue weighted by atomic mass is 9.90. The van der Waals surface area contributed by atoms with Crippen molar-refractivity contribution >= 4 is 21.6 Å². The summed E-state index contributed by atoms with van der Waals surface area (Å²) in [7, 11) is 3.73. The van der Waals surface area contributed by atoms with Crippen molar-refractivity contribution in [2.75, 3.05) is 12.9 Å². The molecular formula is C17H35FS2. The van der Waals surface area contributed by atoms with Crippen LogP contribution in [0.25, 0.3) is 0 Å². The molecule has 20 heavy (non-hydrogen) atoms. The summed E-state index contributed by atoms with van der Waals surface area (Å²) in [6.07, 6.45) is 16.2. The van der Waals surface area contributed by atoms with Gasteiger partial charge in [-0.25, -0.2) is 0 Å². The van der Waals surface area contributed by atoms with E-state index in [0.29, 0.717) is 5.25 Å². The summed E-state index contributed by atoms with van der Waals surface area (Å²) in [5.74, 6) is 0.733. The standard InChI is InChI=1S/C17H35FS2/c1-4-6-8-10-12-16(13-11-9-7-5-2)17(14-15-18)20-19-3/h16-17H,4-15H2,1-3H3/t17-/m0/s1. The van der Waals surface area contributed by atoms with Crippen LogP contribution in [0, 0.1) is 5.92 Å². The molecule has 0 saturated carbocycles. The number of hydrogen-bond donors (Lipinski definition) is 0. The van der Waals surface area contributed by atoms with Crippen LogP contribution in [0.2, 0.25) is 0 Å². The normalized spacial score (nSPS) is 13.1. The summed E-state index contributed by atoms with van der Waals surface area (Å²) in [5, 5.41) is 0.526. The lowest BCUT2D eigenvalue weighted by molar-refractivity contribution is 0.359. The first-order chi connectivity index (χ1) is 9.79. The fraction of sp³-hybridized carbons (Fsp3) is 1.00. The summed E-state index contributed by atoms with van der Waals surface area (Å²) in [6, 6.07) is 0. The van der Waals surface area contributed by atoms with Gasteiger partial charge in [0.05, 0.1) is 6.67 Å². The van der Waals surface area contributed by atoms with Gasteiger partial charge in [-0.05, 0) is 31.4 Å². The highest BCUT2D eigenvalue weighted by Crippen LogP contribution is 2.36. The molecule has 0 amide bonds. The third-order valence-corrected chi connectivity index (χ3v) is 6.38. The summed E-state index contributed by atoms with van der Waals surface area (Å²) >= 11 is 0. The van der Waals surface area contributed by atoms with E-state index in [9.17, 15) is 4.39 Å². The molecule has 0 bridgehead atoms. The maximum absolute atomic E-state index is 12.8. The van der Waals surface area contributed by atoms with E-state index in [-0.39, 0.29) is 6.67 Å². The summed E-state index contributed by atoms with van der Waals surface area (Å²) in [5.41, 5.74) is 0. The van der Waals surface area contributed by atoms with Gasteiger partial charge in [0.25, 0.3) is 0 Å². The number of unbranched alkanes of at least 4 members (excludes halogenated alkanes) is 6. The monoisotopic (exact) mass is 322 g/mol. The van der Waals surface area contributed by atoms with E-state index < -0.39 is 0 Å². The van der Waals surface area contributed by atoms with Gasteiger partial charge in [0, 0.05) is 5.25 Å². The molecule has 0 N–H and O–H groups in total. The zero-order valence-electron chi connectivity index (χ0n) is 13.8. The largest absolute Gasteiger partial charge is 0.251 e. The fourth-order valence-corrected chi connectivity index (χ4v) is 5.14. The predicted molar refractivity (Wildman–Crippen MR) is 96.5 cm³/mol.